The lowest BCUT2D eigenvalue weighted by Crippen LogP contribution is -2.13. The van der Waals surface area contributed by atoms with Crippen molar-refractivity contribution in [2.24, 2.45) is 5.73 Å². The van der Waals surface area contributed by atoms with Gasteiger partial charge in [0.2, 0.25) is 0 Å². The summed E-state index contributed by atoms with van der Waals surface area (Å²) in [5, 5.41) is 0. The molecule has 2 N–H and O–H groups in total. The van der Waals surface area contributed by atoms with E-state index in [0.29, 0.717) is 6.61 Å². The van der Waals surface area contributed by atoms with E-state index in [0.717, 1.165) is 23.3 Å². The minimum absolute atomic E-state index is 0.145. The van der Waals surface area contributed by atoms with Crippen molar-refractivity contribution in [2.75, 3.05) is 6.61 Å². The fraction of sp³-hybridized carbons (Fsp3) is 0.389. The minimum Gasteiger partial charge on any atom is -0.492 e. The van der Waals surface area contributed by atoms with Gasteiger partial charge in [-0.05, 0) is 54.0 Å². The summed E-state index contributed by atoms with van der Waals surface area (Å²) in [4.78, 5) is 4.25. The van der Waals surface area contributed by atoms with Crippen LogP contribution < -0.4 is 10.5 Å². The average Bonchev–Trinajstić information content (AvgIpc) is 3.00. The topological polar surface area (TPSA) is 48.1 Å². The highest BCUT2D eigenvalue weighted by molar-refractivity contribution is 5.40. The maximum atomic E-state index is 6.41. The third-order valence-corrected chi connectivity index (χ3v) is 4.05. The fourth-order valence-corrected chi connectivity index (χ4v) is 2.88. The Balaban J connectivity index is 1.82. The molecule has 3 heteroatoms. The second kappa shape index (κ2) is 6.27. The average molecular weight is 282 g/mol. The van der Waals surface area contributed by atoms with E-state index < -0.39 is 0 Å². The minimum atomic E-state index is -0.145. The van der Waals surface area contributed by atoms with Crippen LogP contribution in [0.5, 0.6) is 5.75 Å². The second-order valence-electron chi connectivity index (χ2n) is 5.66. The van der Waals surface area contributed by atoms with Crippen molar-refractivity contribution in [3.63, 3.8) is 0 Å². The lowest BCUT2D eigenvalue weighted by Gasteiger charge is -2.15. The Bertz CT molecular complexity index is 624. The number of hydrogen-bond acceptors (Lipinski definition) is 3. The Morgan fingerprint density at radius 2 is 2.00 bits per heavy atom. The summed E-state index contributed by atoms with van der Waals surface area (Å²) in [6.07, 6.45) is 8.20. The predicted molar refractivity (Wildman–Crippen MR) is 84.5 cm³/mol. The van der Waals surface area contributed by atoms with E-state index in [2.05, 4.69) is 30.1 Å². The van der Waals surface area contributed by atoms with Crippen LogP contribution in [0.25, 0.3) is 0 Å². The van der Waals surface area contributed by atoms with Gasteiger partial charge in [-0.15, -0.1) is 0 Å². The summed E-state index contributed by atoms with van der Waals surface area (Å²) in [5.41, 5.74) is 11.5. The highest BCUT2D eigenvalue weighted by Crippen LogP contribution is 2.28. The molecular formula is C18H22N2O. The summed E-state index contributed by atoms with van der Waals surface area (Å²) in [5.74, 6) is 0.797. The van der Waals surface area contributed by atoms with Gasteiger partial charge in [-0.1, -0.05) is 25.1 Å². The normalized spacial score (nSPS) is 14.8. The third-order valence-electron chi connectivity index (χ3n) is 4.05. The zero-order chi connectivity index (χ0) is 14.7. The van der Waals surface area contributed by atoms with Crippen molar-refractivity contribution in [2.45, 2.75) is 38.6 Å². The molecule has 1 atom stereocenters. The first kappa shape index (κ1) is 14.1. The van der Waals surface area contributed by atoms with E-state index in [1.54, 1.807) is 6.20 Å². The van der Waals surface area contributed by atoms with E-state index in [1.165, 1.54) is 30.4 Å². The number of hydrogen-bond donors (Lipinski definition) is 1. The van der Waals surface area contributed by atoms with Gasteiger partial charge in [0.1, 0.15) is 5.75 Å². The van der Waals surface area contributed by atoms with E-state index >= 15 is 0 Å². The van der Waals surface area contributed by atoms with Crippen molar-refractivity contribution in [3.05, 3.63) is 58.9 Å². The number of ether oxygens (including phenoxy) is 1. The maximum absolute atomic E-state index is 6.41. The molecule has 0 amide bonds. The predicted octanol–water partition coefficient (Wildman–Crippen LogP) is 3.41. The Hall–Kier alpha value is -1.87. The highest BCUT2D eigenvalue weighted by atomic mass is 16.5. The Kier molecular flexibility index (Phi) is 4.20. The van der Waals surface area contributed by atoms with E-state index in [-0.39, 0.29) is 6.04 Å². The molecule has 0 fully saturated rings. The SMILES string of the molecule is CCCOc1cncc(C(N)c2ccc3c(c2)CCC3)c1. The van der Waals surface area contributed by atoms with Gasteiger partial charge in [0.25, 0.3) is 0 Å². The second-order valence-corrected chi connectivity index (χ2v) is 5.66. The monoisotopic (exact) mass is 282 g/mol. The Morgan fingerprint density at radius 3 is 2.86 bits per heavy atom. The van der Waals surface area contributed by atoms with E-state index in [4.69, 9.17) is 10.5 Å². The van der Waals surface area contributed by atoms with Crippen molar-refractivity contribution >= 4 is 0 Å². The number of rotatable bonds is 5. The van der Waals surface area contributed by atoms with Crippen molar-refractivity contribution < 1.29 is 4.74 Å². The number of aromatic nitrogens is 1. The van der Waals surface area contributed by atoms with Gasteiger partial charge in [0.05, 0.1) is 18.8 Å². The van der Waals surface area contributed by atoms with Crippen LogP contribution in [0.2, 0.25) is 0 Å². The molecule has 0 aliphatic heterocycles. The molecule has 0 saturated carbocycles. The first-order valence-electron chi connectivity index (χ1n) is 7.73. The highest BCUT2D eigenvalue weighted by Gasteiger charge is 2.15. The Labute approximate surface area is 126 Å². The van der Waals surface area contributed by atoms with Gasteiger partial charge < -0.3 is 10.5 Å². The molecule has 1 aliphatic carbocycles. The van der Waals surface area contributed by atoms with Gasteiger partial charge in [-0.2, -0.15) is 0 Å². The lowest BCUT2D eigenvalue weighted by atomic mass is 9.97. The molecule has 0 saturated heterocycles. The lowest BCUT2D eigenvalue weighted by molar-refractivity contribution is 0.315. The van der Waals surface area contributed by atoms with Crippen LogP contribution in [0.3, 0.4) is 0 Å². The largest absolute Gasteiger partial charge is 0.492 e. The summed E-state index contributed by atoms with van der Waals surface area (Å²) < 4.78 is 5.64. The quantitative estimate of drug-likeness (QED) is 0.914. The number of pyridine rings is 1. The zero-order valence-corrected chi connectivity index (χ0v) is 12.5. The first-order chi connectivity index (χ1) is 10.3. The molecule has 0 bridgehead atoms. The van der Waals surface area contributed by atoms with Crippen molar-refractivity contribution in [1.29, 1.82) is 0 Å². The van der Waals surface area contributed by atoms with Gasteiger partial charge in [-0.3, -0.25) is 4.98 Å². The van der Waals surface area contributed by atoms with Crippen molar-refractivity contribution in [1.82, 2.24) is 4.98 Å². The number of fused-ring (bicyclic) bond motifs is 1. The molecule has 1 heterocycles. The summed E-state index contributed by atoms with van der Waals surface area (Å²) >= 11 is 0. The number of nitrogens with two attached hydrogens (primary N) is 1. The number of benzene rings is 1. The third kappa shape index (κ3) is 3.08. The standard InChI is InChI=1S/C18H22N2O/c1-2-8-21-17-10-16(11-20-12-17)18(19)15-7-6-13-4-3-5-14(13)9-15/h6-7,9-12,18H,2-5,8,19H2,1H3. The first-order valence-corrected chi connectivity index (χ1v) is 7.73. The van der Waals surface area contributed by atoms with Crippen LogP contribution in [0.4, 0.5) is 0 Å². The molecule has 3 rings (SSSR count). The fourth-order valence-electron chi connectivity index (χ4n) is 2.88. The van der Waals surface area contributed by atoms with Crippen molar-refractivity contribution in [3.8, 4) is 5.75 Å². The van der Waals surface area contributed by atoms with Crippen LogP contribution in [-0.2, 0) is 12.8 Å². The molecule has 1 aliphatic rings. The summed E-state index contributed by atoms with van der Waals surface area (Å²) in [6, 6.07) is 8.48. The molecule has 1 aromatic heterocycles. The van der Waals surface area contributed by atoms with Gasteiger partial charge in [0.15, 0.2) is 0 Å². The molecular weight excluding hydrogens is 260 g/mol. The van der Waals surface area contributed by atoms with Crippen LogP contribution in [0.1, 0.15) is 48.1 Å². The summed E-state index contributed by atoms with van der Waals surface area (Å²) in [6.45, 7) is 2.80. The van der Waals surface area contributed by atoms with Crippen LogP contribution >= 0.6 is 0 Å². The van der Waals surface area contributed by atoms with E-state index in [9.17, 15) is 0 Å². The smallest absolute Gasteiger partial charge is 0.137 e. The number of aryl methyl sites for hydroxylation is 2. The molecule has 1 aromatic carbocycles. The van der Waals surface area contributed by atoms with Gasteiger partial charge in [0, 0.05) is 6.20 Å². The Morgan fingerprint density at radius 1 is 1.14 bits per heavy atom. The van der Waals surface area contributed by atoms with Gasteiger partial charge in [-0.25, -0.2) is 0 Å². The molecule has 0 spiro atoms. The zero-order valence-electron chi connectivity index (χ0n) is 12.5. The molecule has 0 radical (unpaired) electrons. The van der Waals surface area contributed by atoms with Crippen LogP contribution in [-0.4, -0.2) is 11.6 Å². The molecule has 3 nitrogen and oxygen atoms in total. The van der Waals surface area contributed by atoms with Crippen LogP contribution in [0.15, 0.2) is 36.7 Å². The molecule has 110 valence electrons. The molecule has 2 aromatic rings. The number of nitrogens with zero attached hydrogens (tertiary/aromatic N) is 1. The van der Waals surface area contributed by atoms with Gasteiger partial charge >= 0.3 is 0 Å². The van der Waals surface area contributed by atoms with E-state index in [1.807, 2.05) is 12.3 Å². The van der Waals surface area contributed by atoms with Crippen LogP contribution in [0, 0.1) is 0 Å². The molecule has 1 unspecified atom stereocenters. The summed E-state index contributed by atoms with van der Waals surface area (Å²) in [7, 11) is 0. The molecule has 21 heavy (non-hydrogen) atoms. The maximum Gasteiger partial charge on any atom is 0.137 e.